The predicted molar refractivity (Wildman–Crippen MR) is 60.7 cm³/mol. The Balaban J connectivity index is 1.94. The van der Waals surface area contributed by atoms with Crippen molar-refractivity contribution in [1.82, 2.24) is 4.90 Å². The van der Waals surface area contributed by atoms with Crippen LogP contribution in [0.15, 0.2) is 24.3 Å². The molecule has 0 radical (unpaired) electrons. The summed E-state index contributed by atoms with van der Waals surface area (Å²) in [5.74, 6) is -0.202. The molecule has 0 amide bonds. The largest absolute Gasteiger partial charge is 0.369 e. The van der Waals surface area contributed by atoms with Crippen LogP contribution in [0, 0.1) is 17.1 Å². The normalized spacial score (nSPS) is 17.1. The Morgan fingerprint density at radius 2 is 1.75 bits per heavy atom. The standard InChI is InChI=1S/C12H14FN3/c13-11-1-3-12(4-2-11)16-9-7-15(6-5-14)8-10-16/h1-4H,6-10H2. The summed E-state index contributed by atoms with van der Waals surface area (Å²) in [5.41, 5.74) is 1.05. The van der Waals surface area contributed by atoms with Gasteiger partial charge in [-0.2, -0.15) is 5.26 Å². The van der Waals surface area contributed by atoms with E-state index < -0.39 is 0 Å². The van der Waals surface area contributed by atoms with Crippen LogP contribution in [0.5, 0.6) is 0 Å². The van der Waals surface area contributed by atoms with E-state index in [-0.39, 0.29) is 5.82 Å². The third-order valence-electron chi connectivity index (χ3n) is 2.86. The Bertz CT molecular complexity index is 374. The number of halogens is 1. The summed E-state index contributed by atoms with van der Waals surface area (Å²) in [7, 11) is 0. The van der Waals surface area contributed by atoms with Gasteiger partial charge in [-0.05, 0) is 24.3 Å². The van der Waals surface area contributed by atoms with Crippen molar-refractivity contribution >= 4 is 5.69 Å². The summed E-state index contributed by atoms with van der Waals surface area (Å²) < 4.78 is 12.8. The molecule has 16 heavy (non-hydrogen) atoms. The quantitative estimate of drug-likeness (QED) is 0.706. The maximum atomic E-state index is 12.8. The van der Waals surface area contributed by atoms with Crippen LogP contribution in [-0.2, 0) is 0 Å². The topological polar surface area (TPSA) is 30.3 Å². The average Bonchev–Trinajstić information content (AvgIpc) is 2.32. The summed E-state index contributed by atoms with van der Waals surface area (Å²) in [6, 6.07) is 8.73. The van der Waals surface area contributed by atoms with Gasteiger partial charge in [0.2, 0.25) is 0 Å². The van der Waals surface area contributed by atoms with E-state index in [0.717, 1.165) is 31.9 Å². The van der Waals surface area contributed by atoms with Crippen LogP contribution >= 0.6 is 0 Å². The lowest BCUT2D eigenvalue weighted by molar-refractivity contribution is 0.287. The Hall–Kier alpha value is -1.60. The molecule has 3 nitrogen and oxygen atoms in total. The zero-order chi connectivity index (χ0) is 11.4. The maximum absolute atomic E-state index is 12.8. The first-order valence-electron chi connectivity index (χ1n) is 5.39. The summed E-state index contributed by atoms with van der Waals surface area (Å²) >= 11 is 0. The van der Waals surface area contributed by atoms with Crippen molar-refractivity contribution in [2.45, 2.75) is 0 Å². The highest BCUT2D eigenvalue weighted by Gasteiger charge is 2.16. The number of benzene rings is 1. The number of hydrogen-bond acceptors (Lipinski definition) is 3. The summed E-state index contributed by atoms with van der Waals surface area (Å²) in [5, 5.41) is 8.59. The number of rotatable bonds is 2. The highest BCUT2D eigenvalue weighted by atomic mass is 19.1. The number of nitriles is 1. The fourth-order valence-electron chi connectivity index (χ4n) is 1.92. The van der Waals surface area contributed by atoms with Crippen LogP contribution in [0.2, 0.25) is 0 Å². The molecule has 2 rings (SSSR count). The third kappa shape index (κ3) is 2.50. The summed E-state index contributed by atoms with van der Waals surface area (Å²) in [4.78, 5) is 4.34. The fourth-order valence-corrected chi connectivity index (χ4v) is 1.92. The maximum Gasteiger partial charge on any atom is 0.123 e. The van der Waals surface area contributed by atoms with Crippen LogP contribution in [-0.4, -0.2) is 37.6 Å². The summed E-state index contributed by atoms with van der Waals surface area (Å²) in [6.45, 7) is 4.08. The van der Waals surface area contributed by atoms with Crippen LogP contribution in [0.4, 0.5) is 10.1 Å². The zero-order valence-corrected chi connectivity index (χ0v) is 9.06. The minimum absolute atomic E-state index is 0.202. The Morgan fingerprint density at radius 3 is 2.31 bits per heavy atom. The van der Waals surface area contributed by atoms with Gasteiger partial charge in [-0.15, -0.1) is 0 Å². The highest BCUT2D eigenvalue weighted by Crippen LogP contribution is 2.16. The Kier molecular flexibility index (Phi) is 3.37. The molecule has 0 atom stereocenters. The second-order valence-electron chi connectivity index (χ2n) is 3.90. The minimum atomic E-state index is -0.202. The van der Waals surface area contributed by atoms with Crippen LogP contribution < -0.4 is 4.90 Å². The van der Waals surface area contributed by atoms with Crippen molar-refractivity contribution in [3.05, 3.63) is 30.1 Å². The molecule has 0 spiro atoms. The van der Waals surface area contributed by atoms with E-state index >= 15 is 0 Å². The molecule has 1 aromatic carbocycles. The molecular formula is C12H14FN3. The van der Waals surface area contributed by atoms with E-state index in [2.05, 4.69) is 15.9 Å². The number of hydrogen-bond donors (Lipinski definition) is 0. The molecule has 4 heteroatoms. The van der Waals surface area contributed by atoms with E-state index in [4.69, 9.17) is 5.26 Å². The first-order chi connectivity index (χ1) is 7.79. The van der Waals surface area contributed by atoms with Gasteiger partial charge < -0.3 is 4.90 Å². The first-order valence-corrected chi connectivity index (χ1v) is 5.39. The molecule has 1 aromatic rings. The molecule has 1 aliphatic rings. The van der Waals surface area contributed by atoms with E-state index in [1.807, 2.05) is 0 Å². The highest BCUT2D eigenvalue weighted by molar-refractivity contribution is 5.46. The fraction of sp³-hybridized carbons (Fsp3) is 0.417. The minimum Gasteiger partial charge on any atom is -0.369 e. The van der Waals surface area contributed by atoms with Crippen LogP contribution in [0.3, 0.4) is 0 Å². The van der Waals surface area contributed by atoms with Gasteiger partial charge in [-0.3, -0.25) is 4.90 Å². The van der Waals surface area contributed by atoms with Crippen molar-refractivity contribution in [3.63, 3.8) is 0 Å². The van der Waals surface area contributed by atoms with Gasteiger partial charge in [-0.25, -0.2) is 4.39 Å². The van der Waals surface area contributed by atoms with Crippen LogP contribution in [0.25, 0.3) is 0 Å². The molecule has 1 saturated heterocycles. The number of nitrogens with zero attached hydrogens (tertiary/aromatic N) is 3. The van der Waals surface area contributed by atoms with Gasteiger partial charge in [0.25, 0.3) is 0 Å². The van der Waals surface area contributed by atoms with Gasteiger partial charge in [-0.1, -0.05) is 0 Å². The molecule has 0 aromatic heterocycles. The smallest absolute Gasteiger partial charge is 0.123 e. The van der Waals surface area contributed by atoms with E-state index in [1.54, 1.807) is 12.1 Å². The Labute approximate surface area is 94.7 Å². The molecule has 0 saturated carbocycles. The van der Waals surface area contributed by atoms with Crippen molar-refractivity contribution in [1.29, 1.82) is 5.26 Å². The molecule has 0 N–H and O–H groups in total. The van der Waals surface area contributed by atoms with Gasteiger partial charge in [0.1, 0.15) is 5.82 Å². The van der Waals surface area contributed by atoms with E-state index in [0.29, 0.717) is 6.54 Å². The second kappa shape index (κ2) is 4.95. The van der Waals surface area contributed by atoms with Crippen molar-refractivity contribution < 1.29 is 4.39 Å². The number of anilines is 1. The zero-order valence-electron chi connectivity index (χ0n) is 9.06. The monoisotopic (exact) mass is 219 g/mol. The van der Waals surface area contributed by atoms with Gasteiger partial charge in [0.05, 0.1) is 12.6 Å². The van der Waals surface area contributed by atoms with Crippen molar-refractivity contribution in [2.75, 3.05) is 37.6 Å². The molecule has 1 heterocycles. The first kappa shape index (κ1) is 10.9. The molecule has 0 unspecified atom stereocenters. The van der Waals surface area contributed by atoms with E-state index in [1.165, 1.54) is 12.1 Å². The van der Waals surface area contributed by atoms with Crippen LogP contribution in [0.1, 0.15) is 0 Å². The predicted octanol–water partition coefficient (Wildman–Crippen LogP) is 1.47. The lowest BCUT2D eigenvalue weighted by Gasteiger charge is -2.34. The SMILES string of the molecule is N#CCN1CCN(c2ccc(F)cc2)CC1. The molecule has 1 fully saturated rings. The third-order valence-corrected chi connectivity index (χ3v) is 2.86. The lowest BCUT2D eigenvalue weighted by Crippen LogP contribution is -2.46. The van der Waals surface area contributed by atoms with E-state index in [9.17, 15) is 4.39 Å². The van der Waals surface area contributed by atoms with Gasteiger partial charge in [0.15, 0.2) is 0 Å². The van der Waals surface area contributed by atoms with Gasteiger partial charge in [0, 0.05) is 31.9 Å². The average molecular weight is 219 g/mol. The summed E-state index contributed by atoms with van der Waals surface area (Å²) in [6.07, 6.45) is 0. The molecule has 1 aliphatic heterocycles. The molecule has 84 valence electrons. The molecule has 0 bridgehead atoms. The Morgan fingerprint density at radius 1 is 1.12 bits per heavy atom. The second-order valence-corrected chi connectivity index (χ2v) is 3.90. The van der Waals surface area contributed by atoms with Crippen molar-refractivity contribution in [2.24, 2.45) is 0 Å². The molecular weight excluding hydrogens is 205 g/mol. The van der Waals surface area contributed by atoms with Crippen molar-refractivity contribution in [3.8, 4) is 6.07 Å². The number of piperazine rings is 1. The lowest BCUT2D eigenvalue weighted by atomic mass is 10.2. The molecule has 0 aliphatic carbocycles. The van der Waals surface area contributed by atoms with Gasteiger partial charge >= 0.3 is 0 Å².